The summed E-state index contributed by atoms with van der Waals surface area (Å²) in [4.78, 5) is 26.4. The number of aromatic nitrogens is 1. The lowest BCUT2D eigenvalue weighted by molar-refractivity contribution is -0.153. The Kier molecular flexibility index (Phi) is 6.02. The Morgan fingerprint density at radius 1 is 1.36 bits per heavy atom. The standard InChI is InChI=1S/C19H24N2O6S/c1-3-13(2)21(14-8-9-28(24,25)12-14)18(22)11-26-19(23)10-16-15-6-4-5-7-17(15)27-20-16/h4-7,13-14H,3,8-12H2,1-2H3/t13-,14+/m0/s1. The molecule has 8 nitrogen and oxygen atoms in total. The summed E-state index contributed by atoms with van der Waals surface area (Å²) in [5.74, 6) is -0.927. The largest absolute Gasteiger partial charge is 0.455 e. The van der Waals surface area contributed by atoms with E-state index in [2.05, 4.69) is 5.16 Å². The number of esters is 1. The van der Waals surface area contributed by atoms with Gasteiger partial charge in [0.2, 0.25) is 0 Å². The second kappa shape index (κ2) is 8.30. The van der Waals surface area contributed by atoms with Crippen molar-refractivity contribution in [1.82, 2.24) is 10.1 Å². The zero-order valence-corrected chi connectivity index (χ0v) is 16.8. The zero-order chi connectivity index (χ0) is 20.3. The molecule has 1 fully saturated rings. The Balaban J connectivity index is 1.61. The third kappa shape index (κ3) is 4.52. The first-order valence-corrected chi connectivity index (χ1v) is 11.1. The van der Waals surface area contributed by atoms with Gasteiger partial charge in [0.05, 0.1) is 17.9 Å². The number of amides is 1. The van der Waals surface area contributed by atoms with Gasteiger partial charge in [-0.05, 0) is 31.9 Å². The van der Waals surface area contributed by atoms with Crippen molar-refractivity contribution >= 4 is 32.7 Å². The lowest BCUT2D eigenvalue weighted by Gasteiger charge is -2.33. The van der Waals surface area contributed by atoms with Crippen LogP contribution < -0.4 is 0 Å². The van der Waals surface area contributed by atoms with Gasteiger partial charge >= 0.3 is 5.97 Å². The molecule has 9 heteroatoms. The average Bonchev–Trinajstić information content (AvgIpc) is 3.23. The molecule has 2 heterocycles. The van der Waals surface area contributed by atoms with Crippen LogP contribution in [0, 0.1) is 0 Å². The van der Waals surface area contributed by atoms with E-state index in [-0.39, 0.29) is 35.9 Å². The molecule has 0 unspecified atom stereocenters. The van der Waals surface area contributed by atoms with Crippen LogP contribution in [0.15, 0.2) is 28.8 Å². The van der Waals surface area contributed by atoms with Crippen molar-refractivity contribution in [3.05, 3.63) is 30.0 Å². The minimum absolute atomic E-state index is 0.0397. The summed E-state index contributed by atoms with van der Waals surface area (Å²) in [7, 11) is -3.12. The van der Waals surface area contributed by atoms with E-state index in [4.69, 9.17) is 9.26 Å². The average molecular weight is 408 g/mol. The molecule has 1 aromatic heterocycles. The van der Waals surface area contributed by atoms with Crippen molar-refractivity contribution in [1.29, 1.82) is 0 Å². The Bertz CT molecular complexity index is 968. The van der Waals surface area contributed by atoms with E-state index in [9.17, 15) is 18.0 Å². The topological polar surface area (TPSA) is 107 Å². The summed E-state index contributed by atoms with van der Waals surface area (Å²) < 4.78 is 33.9. The molecule has 152 valence electrons. The molecule has 0 radical (unpaired) electrons. The van der Waals surface area contributed by atoms with Gasteiger partial charge in [-0.1, -0.05) is 24.2 Å². The highest BCUT2D eigenvalue weighted by molar-refractivity contribution is 7.91. The third-order valence-corrected chi connectivity index (χ3v) is 6.83. The fourth-order valence-corrected chi connectivity index (χ4v) is 5.18. The van der Waals surface area contributed by atoms with Crippen molar-refractivity contribution in [3.63, 3.8) is 0 Å². The molecule has 2 aromatic rings. The molecule has 0 saturated carbocycles. The van der Waals surface area contributed by atoms with Gasteiger partial charge in [0.1, 0.15) is 5.69 Å². The van der Waals surface area contributed by atoms with Crippen molar-refractivity contribution in [2.75, 3.05) is 18.1 Å². The van der Waals surface area contributed by atoms with Crippen LogP contribution in [-0.2, 0) is 30.6 Å². The van der Waals surface area contributed by atoms with Crippen LogP contribution in [0.2, 0.25) is 0 Å². The lowest BCUT2D eigenvalue weighted by Crippen LogP contribution is -2.48. The number of carbonyl (C=O) groups is 2. The number of fused-ring (bicyclic) bond motifs is 1. The van der Waals surface area contributed by atoms with E-state index in [1.54, 1.807) is 23.1 Å². The van der Waals surface area contributed by atoms with E-state index in [0.717, 1.165) is 5.39 Å². The van der Waals surface area contributed by atoms with Gasteiger partial charge in [0.15, 0.2) is 22.0 Å². The number of hydrogen-bond acceptors (Lipinski definition) is 7. The SMILES string of the molecule is CC[C@H](C)N(C(=O)COC(=O)Cc1noc2ccccc12)[C@@H]1CCS(=O)(=O)C1. The summed E-state index contributed by atoms with van der Waals surface area (Å²) in [5.41, 5.74) is 1.03. The summed E-state index contributed by atoms with van der Waals surface area (Å²) in [6.45, 7) is 3.37. The van der Waals surface area contributed by atoms with Gasteiger partial charge in [-0.25, -0.2) is 8.42 Å². The number of hydrogen-bond donors (Lipinski definition) is 0. The quantitative estimate of drug-likeness (QED) is 0.642. The van der Waals surface area contributed by atoms with Crippen molar-refractivity contribution in [2.45, 2.75) is 45.2 Å². The summed E-state index contributed by atoms with van der Waals surface area (Å²) in [6.07, 6.45) is 0.990. The molecule has 0 N–H and O–H groups in total. The first-order chi connectivity index (χ1) is 13.3. The highest BCUT2D eigenvalue weighted by atomic mass is 32.2. The monoisotopic (exact) mass is 408 g/mol. The molecular formula is C19H24N2O6S. The highest BCUT2D eigenvalue weighted by Gasteiger charge is 2.36. The van der Waals surface area contributed by atoms with Crippen LogP contribution in [0.25, 0.3) is 11.0 Å². The molecule has 1 aliphatic heterocycles. The Labute approximate surface area is 163 Å². The third-order valence-electron chi connectivity index (χ3n) is 5.08. The van der Waals surface area contributed by atoms with Crippen molar-refractivity contribution in [3.8, 4) is 0 Å². The van der Waals surface area contributed by atoms with Crippen LogP contribution in [-0.4, -0.2) is 60.5 Å². The van der Waals surface area contributed by atoms with Crippen LogP contribution in [0.3, 0.4) is 0 Å². The smallest absolute Gasteiger partial charge is 0.312 e. The number of rotatable bonds is 7. The number of nitrogens with zero attached hydrogens (tertiary/aromatic N) is 2. The Morgan fingerprint density at radius 2 is 2.11 bits per heavy atom. The van der Waals surface area contributed by atoms with E-state index in [1.165, 1.54) is 0 Å². The molecule has 3 rings (SSSR count). The first kappa shape index (κ1) is 20.3. The highest BCUT2D eigenvalue weighted by Crippen LogP contribution is 2.22. The van der Waals surface area contributed by atoms with E-state index < -0.39 is 22.4 Å². The second-order valence-corrected chi connectivity index (χ2v) is 9.31. The Hall–Kier alpha value is -2.42. The Morgan fingerprint density at radius 3 is 2.79 bits per heavy atom. The molecule has 1 amide bonds. The predicted octanol–water partition coefficient (Wildman–Crippen LogP) is 1.73. The molecule has 2 atom stereocenters. The number of carbonyl (C=O) groups excluding carboxylic acids is 2. The molecule has 1 aliphatic rings. The molecule has 0 spiro atoms. The normalized spacial score (nSPS) is 19.4. The van der Waals surface area contributed by atoms with Crippen molar-refractivity contribution < 1.29 is 27.3 Å². The molecule has 1 saturated heterocycles. The fourth-order valence-electron chi connectivity index (χ4n) is 3.47. The summed E-state index contributed by atoms with van der Waals surface area (Å²) in [5, 5.41) is 4.61. The minimum atomic E-state index is -3.12. The number of para-hydroxylation sites is 1. The van der Waals surface area contributed by atoms with Gasteiger partial charge in [0, 0.05) is 17.5 Å². The van der Waals surface area contributed by atoms with Gasteiger partial charge < -0.3 is 14.2 Å². The molecule has 0 aliphatic carbocycles. The summed E-state index contributed by atoms with van der Waals surface area (Å²) in [6, 6.07) is 6.67. The maximum Gasteiger partial charge on any atom is 0.312 e. The molecule has 28 heavy (non-hydrogen) atoms. The molecule has 1 aromatic carbocycles. The van der Waals surface area contributed by atoms with Gasteiger partial charge in [0.25, 0.3) is 5.91 Å². The molecule has 0 bridgehead atoms. The zero-order valence-electron chi connectivity index (χ0n) is 16.0. The van der Waals surface area contributed by atoms with Crippen LogP contribution in [0.4, 0.5) is 0 Å². The van der Waals surface area contributed by atoms with Crippen LogP contribution in [0.5, 0.6) is 0 Å². The van der Waals surface area contributed by atoms with Gasteiger partial charge in [-0.2, -0.15) is 0 Å². The fraction of sp³-hybridized carbons (Fsp3) is 0.526. The summed E-state index contributed by atoms with van der Waals surface area (Å²) >= 11 is 0. The maximum atomic E-state index is 12.7. The van der Waals surface area contributed by atoms with E-state index in [1.807, 2.05) is 19.9 Å². The number of benzene rings is 1. The first-order valence-electron chi connectivity index (χ1n) is 9.31. The lowest BCUT2D eigenvalue weighted by atomic mass is 10.1. The minimum Gasteiger partial charge on any atom is -0.455 e. The van der Waals surface area contributed by atoms with Crippen LogP contribution in [0.1, 0.15) is 32.4 Å². The maximum absolute atomic E-state index is 12.7. The van der Waals surface area contributed by atoms with Gasteiger partial charge in [-0.3, -0.25) is 9.59 Å². The second-order valence-electron chi connectivity index (χ2n) is 7.08. The molecular weight excluding hydrogens is 384 g/mol. The van der Waals surface area contributed by atoms with Gasteiger partial charge in [-0.15, -0.1) is 0 Å². The number of ether oxygens (including phenoxy) is 1. The van der Waals surface area contributed by atoms with E-state index >= 15 is 0 Å². The number of sulfone groups is 1. The van der Waals surface area contributed by atoms with Crippen molar-refractivity contribution in [2.24, 2.45) is 0 Å². The predicted molar refractivity (Wildman–Crippen MR) is 102 cm³/mol. The van der Waals surface area contributed by atoms with Crippen LogP contribution >= 0.6 is 0 Å². The van der Waals surface area contributed by atoms with E-state index in [0.29, 0.717) is 24.1 Å².